The van der Waals surface area contributed by atoms with Crippen LogP contribution in [0.5, 0.6) is 5.75 Å². The summed E-state index contributed by atoms with van der Waals surface area (Å²) in [7, 11) is 0. The van der Waals surface area contributed by atoms with Crippen molar-refractivity contribution < 1.29 is 9.53 Å². The molecule has 1 aromatic carbocycles. The molecule has 1 saturated heterocycles. The van der Waals surface area contributed by atoms with Gasteiger partial charge in [-0.1, -0.05) is 18.2 Å². The fraction of sp³-hybridized carbons (Fsp3) is 0.533. The predicted octanol–water partition coefficient (Wildman–Crippen LogP) is 1.45. The summed E-state index contributed by atoms with van der Waals surface area (Å²) in [6.07, 6.45) is 0.540. The maximum Gasteiger partial charge on any atom is 0.227 e. The van der Waals surface area contributed by atoms with E-state index in [0.29, 0.717) is 6.42 Å². The normalized spacial score (nSPS) is 15.6. The smallest absolute Gasteiger partial charge is 0.227 e. The molecule has 2 rings (SSSR count). The molecule has 0 unspecified atom stereocenters. The maximum atomic E-state index is 12.2. The summed E-state index contributed by atoms with van der Waals surface area (Å²) in [5, 5.41) is 3.25. The zero-order valence-electron chi connectivity index (χ0n) is 11.7. The van der Waals surface area contributed by atoms with Crippen LogP contribution in [0.15, 0.2) is 24.3 Å². The third-order valence-corrected chi connectivity index (χ3v) is 3.15. The van der Waals surface area contributed by atoms with Crippen LogP contribution in [0, 0.1) is 0 Å². The molecule has 0 spiro atoms. The number of nitrogens with zero attached hydrogens (tertiary/aromatic N) is 1. The van der Waals surface area contributed by atoms with Crippen LogP contribution in [0.3, 0.4) is 0 Å². The van der Waals surface area contributed by atoms with Gasteiger partial charge < -0.3 is 15.0 Å². The number of para-hydroxylation sites is 1. The van der Waals surface area contributed by atoms with Crippen molar-refractivity contribution in [1.29, 1.82) is 0 Å². The summed E-state index contributed by atoms with van der Waals surface area (Å²) >= 11 is 0. The predicted molar refractivity (Wildman–Crippen MR) is 75.4 cm³/mol. The number of hydrogen-bond acceptors (Lipinski definition) is 3. The molecule has 1 amide bonds. The minimum absolute atomic E-state index is 0.121. The fourth-order valence-corrected chi connectivity index (χ4v) is 2.21. The lowest BCUT2D eigenvalue weighted by Crippen LogP contribution is -2.46. The summed E-state index contributed by atoms with van der Waals surface area (Å²) in [5.74, 6) is 1.00. The molecule has 0 aliphatic carbocycles. The summed E-state index contributed by atoms with van der Waals surface area (Å²) in [5.41, 5.74) is 0.972. The zero-order valence-corrected chi connectivity index (χ0v) is 11.7. The number of ether oxygens (including phenoxy) is 1. The Morgan fingerprint density at radius 3 is 2.68 bits per heavy atom. The van der Waals surface area contributed by atoms with Crippen LogP contribution >= 0.6 is 0 Å². The van der Waals surface area contributed by atoms with Gasteiger partial charge in [-0.3, -0.25) is 4.79 Å². The van der Waals surface area contributed by atoms with Crippen molar-refractivity contribution in [2.24, 2.45) is 0 Å². The molecule has 4 heteroatoms. The van der Waals surface area contributed by atoms with Crippen LogP contribution < -0.4 is 10.1 Å². The van der Waals surface area contributed by atoms with Gasteiger partial charge in [0.05, 0.1) is 12.5 Å². The molecule has 0 radical (unpaired) electrons. The number of benzene rings is 1. The molecule has 0 bridgehead atoms. The van der Waals surface area contributed by atoms with Crippen LogP contribution in [0.25, 0.3) is 0 Å². The Hall–Kier alpha value is -1.55. The molecule has 0 saturated carbocycles. The summed E-state index contributed by atoms with van der Waals surface area (Å²) < 4.78 is 5.75. The Morgan fingerprint density at radius 1 is 1.32 bits per heavy atom. The Kier molecular flexibility index (Phi) is 4.80. The maximum absolute atomic E-state index is 12.2. The summed E-state index contributed by atoms with van der Waals surface area (Å²) in [6.45, 7) is 7.35. The van der Waals surface area contributed by atoms with Gasteiger partial charge in [-0.15, -0.1) is 0 Å². The van der Waals surface area contributed by atoms with Crippen molar-refractivity contribution in [3.63, 3.8) is 0 Å². The molecule has 19 heavy (non-hydrogen) atoms. The van der Waals surface area contributed by atoms with Crippen LogP contribution in [-0.2, 0) is 11.2 Å². The lowest BCUT2D eigenvalue weighted by Gasteiger charge is -2.27. The van der Waals surface area contributed by atoms with Crippen molar-refractivity contribution in [3.05, 3.63) is 29.8 Å². The van der Waals surface area contributed by atoms with Crippen molar-refractivity contribution in [2.45, 2.75) is 26.4 Å². The molecule has 1 heterocycles. The number of piperazine rings is 1. The average molecular weight is 262 g/mol. The lowest BCUT2D eigenvalue weighted by molar-refractivity contribution is -0.131. The standard InChI is InChI=1S/C15H22N2O2/c1-12(2)19-14-6-4-3-5-13(14)11-15(18)17-9-7-16-8-10-17/h3-6,12,16H,7-11H2,1-2H3. The Balaban J connectivity index is 2.03. The van der Waals surface area contributed by atoms with E-state index in [-0.39, 0.29) is 12.0 Å². The number of amides is 1. The molecule has 1 aliphatic heterocycles. The Bertz CT molecular complexity index is 426. The van der Waals surface area contributed by atoms with Crippen LogP contribution in [0.4, 0.5) is 0 Å². The van der Waals surface area contributed by atoms with Crippen molar-refractivity contribution in [2.75, 3.05) is 26.2 Å². The van der Waals surface area contributed by atoms with Gasteiger partial charge in [0.1, 0.15) is 5.75 Å². The highest BCUT2D eigenvalue weighted by molar-refractivity contribution is 5.79. The van der Waals surface area contributed by atoms with Gasteiger partial charge in [0.15, 0.2) is 0 Å². The lowest BCUT2D eigenvalue weighted by atomic mass is 10.1. The third kappa shape index (κ3) is 3.96. The van der Waals surface area contributed by atoms with Gasteiger partial charge in [0, 0.05) is 31.7 Å². The molecule has 1 aromatic rings. The van der Waals surface area contributed by atoms with Crippen LogP contribution in [0.2, 0.25) is 0 Å². The number of nitrogens with one attached hydrogen (secondary N) is 1. The highest BCUT2D eigenvalue weighted by Crippen LogP contribution is 2.20. The minimum atomic E-state index is 0.121. The second-order valence-corrected chi connectivity index (χ2v) is 5.08. The first kappa shape index (κ1) is 13.9. The fourth-order valence-electron chi connectivity index (χ4n) is 2.21. The highest BCUT2D eigenvalue weighted by Gasteiger charge is 2.18. The molecule has 1 N–H and O–H groups in total. The van der Waals surface area contributed by atoms with Crippen LogP contribution in [0.1, 0.15) is 19.4 Å². The Labute approximate surface area is 114 Å². The Morgan fingerprint density at radius 2 is 2.00 bits per heavy atom. The second kappa shape index (κ2) is 6.57. The summed E-state index contributed by atoms with van der Waals surface area (Å²) in [4.78, 5) is 14.2. The molecule has 0 atom stereocenters. The largest absolute Gasteiger partial charge is 0.491 e. The van der Waals surface area contributed by atoms with E-state index in [0.717, 1.165) is 37.5 Å². The van der Waals surface area contributed by atoms with Crippen LogP contribution in [-0.4, -0.2) is 43.1 Å². The molecule has 104 valence electrons. The van der Waals surface area contributed by atoms with Crippen molar-refractivity contribution >= 4 is 5.91 Å². The van der Waals surface area contributed by atoms with Gasteiger partial charge in [-0.25, -0.2) is 0 Å². The summed E-state index contributed by atoms with van der Waals surface area (Å²) in [6, 6.07) is 7.79. The van der Waals surface area contributed by atoms with E-state index in [1.165, 1.54) is 0 Å². The van der Waals surface area contributed by atoms with E-state index in [9.17, 15) is 4.79 Å². The van der Waals surface area contributed by atoms with Crippen molar-refractivity contribution in [1.82, 2.24) is 10.2 Å². The van der Waals surface area contributed by atoms with E-state index in [1.807, 2.05) is 43.0 Å². The van der Waals surface area contributed by atoms with E-state index in [4.69, 9.17) is 4.74 Å². The minimum Gasteiger partial charge on any atom is -0.491 e. The van der Waals surface area contributed by atoms with Gasteiger partial charge in [-0.2, -0.15) is 0 Å². The first-order valence-corrected chi connectivity index (χ1v) is 6.90. The third-order valence-electron chi connectivity index (χ3n) is 3.15. The van der Waals surface area contributed by atoms with Crippen molar-refractivity contribution in [3.8, 4) is 5.75 Å². The van der Waals surface area contributed by atoms with E-state index in [2.05, 4.69) is 5.32 Å². The SMILES string of the molecule is CC(C)Oc1ccccc1CC(=O)N1CCNCC1. The molecule has 1 fully saturated rings. The monoisotopic (exact) mass is 262 g/mol. The number of carbonyl (C=O) groups is 1. The second-order valence-electron chi connectivity index (χ2n) is 5.08. The van der Waals surface area contributed by atoms with E-state index in [1.54, 1.807) is 0 Å². The topological polar surface area (TPSA) is 41.6 Å². The molecular formula is C15H22N2O2. The molecule has 0 aromatic heterocycles. The zero-order chi connectivity index (χ0) is 13.7. The first-order chi connectivity index (χ1) is 9.16. The highest BCUT2D eigenvalue weighted by atomic mass is 16.5. The van der Waals surface area contributed by atoms with Gasteiger partial charge in [0.25, 0.3) is 0 Å². The van der Waals surface area contributed by atoms with E-state index >= 15 is 0 Å². The quantitative estimate of drug-likeness (QED) is 0.893. The first-order valence-electron chi connectivity index (χ1n) is 6.90. The van der Waals surface area contributed by atoms with Gasteiger partial charge >= 0.3 is 0 Å². The average Bonchev–Trinajstić information content (AvgIpc) is 2.41. The number of rotatable bonds is 4. The number of carbonyl (C=O) groups excluding carboxylic acids is 1. The molecule has 1 aliphatic rings. The van der Waals surface area contributed by atoms with E-state index < -0.39 is 0 Å². The molecular weight excluding hydrogens is 240 g/mol. The van der Waals surface area contributed by atoms with Gasteiger partial charge in [-0.05, 0) is 19.9 Å². The van der Waals surface area contributed by atoms with Gasteiger partial charge in [0.2, 0.25) is 5.91 Å². The number of hydrogen-bond donors (Lipinski definition) is 1. The molecule has 4 nitrogen and oxygen atoms in total.